The van der Waals surface area contributed by atoms with Crippen molar-refractivity contribution in [3.8, 4) is 0 Å². The Labute approximate surface area is 105 Å². The highest BCUT2D eigenvalue weighted by molar-refractivity contribution is 7.53. The standard InChI is InChI=1S/C9H17N4O4P/c1-3-16-18(15,17-4-2)6-5-8(14)12-9-10-7-11-13-9/h7H,3-6H2,1-2H3,(H2,10,11,12,13,14). The number of H-pyrrole nitrogens is 1. The number of aromatic amines is 1. The minimum absolute atomic E-state index is 0.0258. The Morgan fingerprint density at radius 1 is 1.44 bits per heavy atom. The highest BCUT2D eigenvalue weighted by Crippen LogP contribution is 2.48. The van der Waals surface area contributed by atoms with Crippen molar-refractivity contribution in [2.75, 3.05) is 24.7 Å². The van der Waals surface area contributed by atoms with Crippen molar-refractivity contribution in [3.63, 3.8) is 0 Å². The lowest BCUT2D eigenvalue weighted by Crippen LogP contribution is -2.15. The van der Waals surface area contributed by atoms with Crippen LogP contribution in [0.15, 0.2) is 6.33 Å². The Morgan fingerprint density at radius 2 is 2.11 bits per heavy atom. The fourth-order valence-corrected chi connectivity index (χ4v) is 2.85. The van der Waals surface area contributed by atoms with Gasteiger partial charge in [0.25, 0.3) is 0 Å². The van der Waals surface area contributed by atoms with Gasteiger partial charge in [0.15, 0.2) is 0 Å². The van der Waals surface area contributed by atoms with Gasteiger partial charge in [0.1, 0.15) is 6.33 Å². The summed E-state index contributed by atoms with van der Waals surface area (Å²) in [6.45, 7) is 4.00. The minimum Gasteiger partial charge on any atom is -0.309 e. The van der Waals surface area contributed by atoms with Gasteiger partial charge in [-0.15, -0.1) is 0 Å². The topological polar surface area (TPSA) is 106 Å². The number of carbonyl (C=O) groups is 1. The summed E-state index contributed by atoms with van der Waals surface area (Å²) in [6, 6.07) is 0. The molecule has 102 valence electrons. The van der Waals surface area contributed by atoms with Gasteiger partial charge in [0, 0.05) is 6.42 Å². The second-order valence-corrected chi connectivity index (χ2v) is 5.49. The van der Waals surface area contributed by atoms with Crippen molar-refractivity contribution in [3.05, 3.63) is 6.33 Å². The van der Waals surface area contributed by atoms with Crippen LogP contribution >= 0.6 is 7.60 Å². The first-order valence-corrected chi connectivity index (χ1v) is 7.35. The number of rotatable bonds is 8. The molecule has 0 spiro atoms. The number of anilines is 1. The summed E-state index contributed by atoms with van der Waals surface area (Å²) in [7, 11) is -3.17. The monoisotopic (exact) mass is 276 g/mol. The van der Waals surface area contributed by atoms with E-state index in [1.54, 1.807) is 13.8 Å². The van der Waals surface area contributed by atoms with Crippen molar-refractivity contribution in [2.24, 2.45) is 0 Å². The molecular formula is C9H17N4O4P. The zero-order chi connectivity index (χ0) is 13.4. The first-order valence-electron chi connectivity index (χ1n) is 5.63. The van der Waals surface area contributed by atoms with E-state index in [1.165, 1.54) is 6.33 Å². The molecule has 1 rings (SSSR count). The van der Waals surface area contributed by atoms with Gasteiger partial charge in [-0.05, 0) is 13.8 Å². The maximum atomic E-state index is 12.1. The van der Waals surface area contributed by atoms with Crippen molar-refractivity contribution in [1.29, 1.82) is 0 Å². The van der Waals surface area contributed by atoms with Crippen LogP contribution in [0.5, 0.6) is 0 Å². The average Bonchev–Trinajstić information content (AvgIpc) is 2.80. The van der Waals surface area contributed by atoms with Crippen molar-refractivity contribution < 1.29 is 18.4 Å². The largest absolute Gasteiger partial charge is 0.331 e. The van der Waals surface area contributed by atoms with Gasteiger partial charge in [-0.1, -0.05) is 0 Å². The second-order valence-electron chi connectivity index (χ2n) is 3.30. The third-order valence-electron chi connectivity index (χ3n) is 1.94. The Morgan fingerprint density at radius 3 is 2.61 bits per heavy atom. The third-order valence-corrected chi connectivity index (χ3v) is 4.01. The maximum Gasteiger partial charge on any atom is 0.331 e. The molecule has 9 heteroatoms. The van der Waals surface area contributed by atoms with Crippen molar-refractivity contribution in [2.45, 2.75) is 20.3 Å². The number of hydrogen-bond donors (Lipinski definition) is 2. The molecular weight excluding hydrogens is 259 g/mol. The van der Waals surface area contributed by atoms with Crippen LogP contribution in [0.1, 0.15) is 20.3 Å². The first kappa shape index (κ1) is 14.8. The van der Waals surface area contributed by atoms with E-state index in [1.807, 2.05) is 0 Å². The van der Waals surface area contributed by atoms with E-state index < -0.39 is 7.60 Å². The number of amides is 1. The molecule has 0 aliphatic rings. The van der Waals surface area contributed by atoms with E-state index in [9.17, 15) is 9.36 Å². The molecule has 0 atom stereocenters. The molecule has 0 fully saturated rings. The predicted octanol–water partition coefficient (Wildman–Crippen LogP) is 1.40. The smallest absolute Gasteiger partial charge is 0.309 e. The zero-order valence-corrected chi connectivity index (χ0v) is 11.3. The Bertz CT molecular complexity index is 399. The molecule has 0 aromatic carbocycles. The summed E-state index contributed by atoms with van der Waals surface area (Å²) < 4.78 is 22.2. The van der Waals surface area contributed by atoms with Gasteiger partial charge in [-0.2, -0.15) is 10.1 Å². The van der Waals surface area contributed by atoms with Crippen LogP contribution in [0.25, 0.3) is 0 Å². The average molecular weight is 276 g/mol. The predicted molar refractivity (Wildman–Crippen MR) is 65.4 cm³/mol. The molecule has 1 aromatic rings. The van der Waals surface area contributed by atoms with Gasteiger partial charge < -0.3 is 9.05 Å². The summed E-state index contributed by atoms with van der Waals surface area (Å²) in [5.41, 5.74) is 0. The zero-order valence-electron chi connectivity index (χ0n) is 10.4. The van der Waals surface area contributed by atoms with Crippen LogP contribution in [0.4, 0.5) is 5.95 Å². The highest BCUT2D eigenvalue weighted by atomic mass is 31.2. The number of nitrogens with zero attached hydrogens (tertiary/aromatic N) is 2. The normalized spacial score (nSPS) is 11.4. The molecule has 0 radical (unpaired) electrons. The molecule has 0 aliphatic carbocycles. The summed E-state index contributed by atoms with van der Waals surface area (Å²) in [4.78, 5) is 15.3. The van der Waals surface area contributed by atoms with Gasteiger partial charge in [0.05, 0.1) is 19.4 Å². The fourth-order valence-electron chi connectivity index (χ4n) is 1.26. The SMILES string of the molecule is CCOP(=O)(CCC(=O)Nc1ncn[nH]1)OCC. The molecule has 0 saturated carbocycles. The van der Waals surface area contributed by atoms with Gasteiger partial charge in [-0.3, -0.25) is 14.7 Å². The third kappa shape index (κ3) is 4.95. The van der Waals surface area contributed by atoms with Crippen LogP contribution in [-0.4, -0.2) is 40.5 Å². The lowest BCUT2D eigenvalue weighted by atomic mass is 10.4. The molecule has 1 aromatic heterocycles. The number of aromatic nitrogens is 3. The van der Waals surface area contributed by atoms with Crippen LogP contribution in [-0.2, 0) is 18.4 Å². The molecule has 0 aliphatic heterocycles. The van der Waals surface area contributed by atoms with E-state index in [2.05, 4.69) is 20.5 Å². The van der Waals surface area contributed by atoms with Crippen LogP contribution in [0, 0.1) is 0 Å². The fraction of sp³-hybridized carbons (Fsp3) is 0.667. The van der Waals surface area contributed by atoms with Gasteiger partial charge in [-0.25, -0.2) is 5.10 Å². The Kier molecular flexibility index (Phi) is 5.97. The maximum absolute atomic E-state index is 12.1. The minimum atomic E-state index is -3.17. The molecule has 8 nitrogen and oxygen atoms in total. The first-order chi connectivity index (χ1) is 8.59. The lowest BCUT2D eigenvalue weighted by molar-refractivity contribution is -0.115. The molecule has 2 N–H and O–H groups in total. The summed E-state index contributed by atoms with van der Waals surface area (Å²) in [5.74, 6) is -0.0750. The van der Waals surface area contributed by atoms with Crippen LogP contribution < -0.4 is 5.32 Å². The number of nitrogens with one attached hydrogen (secondary N) is 2. The van der Waals surface area contributed by atoms with E-state index in [-0.39, 0.29) is 37.7 Å². The Balaban J connectivity index is 2.42. The van der Waals surface area contributed by atoms with E-state index in [4.69, 9.17) is 9.05 Å². The molecule has 0 unspecified atom stereocenters. The van der Waals surface area contributed by atoms with Gasteiger partial charge >= 0.3 is 7.60 Å². The molecule has 18 heavy (non-hydrogen) atoms. The Hall–Kier alpha value is -1.24. The summed E-state index contributed by atoms with van der Waals surface area (Å²) in [5, 5.41) is 8.56. The van der Waals surface area contributed by atoms with E-state index in [0.29, 0.717) is 0 Å². The molecule has 1 heterocycles. The summed E-state index contributed by atoms with van der Waals surface area (Å²) >= 11 is 0. The van der Waals surface area contributed by atoms with Gasteiger partial charge in [0.2, 0.25) is 11.9 Å². The number of hydrogen-bond acceptors (Lipinski definition) is 6. The highest BCUT2D eigenvalue weighted by Gasteiger charge is 2.24. The second kappa shape index (κ2) is 7.25. The summed E-state index contributed by atoms with van der Waals surface area (Å²) in [6.07, 6.45) is 1.34. The quantitative estimate of drug-likeness (QED) is 0.695. The molecule has 0 bridgehead atoms. The van der Waals surface area contributed by atoms with Crippen molar-refractivity contribution in [1.82, 2.24) is 15.2 Å². The van der Waals surface area contributed by atoms with Crippen molar-refractivity contribution >= 4 is 19.5 Å². The lowest BCUT2D eigenvalue weighted by Gasteiger charge is -2.16. The van der Waals surface area contributed by atoms with E-state index in [0.717, 1.165) is 0 Å². The molecule has 0 saturated heterocycles. The van der Waals surface area contributed by atoms with Crippen LogP contribution in [0.3, 0.4) is 0 Å². The van der Waals surface area contributed by atoms with Crippen LogP contribution in [0.2, 0.25) is 0 Å². The molecule has 1 amide bonds. The number of carbonyl (C=O) groups excluding carboxylic acids is 1. The van der Waals surface area contributed by atoms with E-state index >= 15 is 0 Å².